The fourth-order valence-electron chi connectivity index (χ4n) is 3.55. The van der Waals surface area contributed by atoms with Gasteiger partial charge in [-0.3, -0.25) is 4.79 Å². The van der Waals surface area contributed by atoms with Crippen molar-refractivity contribution >= 4 is 15.7 Å². The molecule has 0 aliphatic heterocycles. The quantitative estimate of drug-likeness (QED) is 0.755. The van der Waals surface area contributed by atoms with Crippen LogP contribution in [0.1, 0.15) is 62.9 Å². The first-order valence-electron chi connectivity index (χ1n) is 8.91. The Morgan fingerprint density at radius 3 is 2.58 bits per heavy atom. The molecule has 2 fully saturated rings. The summed E-state index contributed by atoms with van der Waals surface area (Å²) >= 11 is 0. The maximum absolute atomic E-state index is 12.2. The zero-order chi connectivity index (χ0) is 17.3. The van der Waals surface area contributed by atoms with Gasteiger partial charge in [-0.15, -0.1) is 0 Å². The third kappa shape index (κ3) is 4.02. The van der Waals surface area contributed by atoms with Crippen molar-refractivity contribution in [2.75, 3.05) is 12.8 Å². The minimum Gasteiger partial charge on any atom is -0.464 e. The second kappa shape index (κ2) is 6.90. The van der Waals surface area contributed by atoms with Crippen LogP contribution in [-0.2, 0) is 21.2 Å². The molecule has 0 aromatic carbocycles. The van der Waals surface area contributed by atoms with E-state index in [0.717, 1.165) is 37.2 Å². The summed E-state index contributed by atoms with van der Waals surface area (Å²) < 4.78 is 30.3. The van der Waals surface area contributed by atoms with E-state index in [0.29, 0.717) is 18.4 Å². The van der Waals surface area contributed by atoms with Crippen molar-refractivity contribution in [3.63, 3.8) is 0 Å². The molecule has 134 valence electrons. The first-order chi connectivity index (χ1) is 11.4. The molecule has 6 heteroatoms. The van der Waals surface area contributed by atoms with Gasteiger partial charge in [0, 0.05) is 19.4 Å². The zero-order valence-electron chi connectivity index (χ0n) is 14.5. The fourth-order valence-corrected chi connectivity index (χ4v) is 5.40. The second-order valence-electron chi connectivity index (χ2n) is 7.40. The van der Waals surface area contributed by atoms with Crippen LogP contribution < -0.4 is 0 Å². The van der Waals surface area contributed by atoms with Gasteiger partial charge >= 0.3 is 0 Å². The molecule has 0 bridgehead atoms. The third-order valence-electron chi connectivity index (χ3n) is 5.39. The summed E-state index contributed by atoms with van der Waals surface area (Å²) in [6.45, 7) is 2.59. The van der Waals surface area contributed by atoms with Crippen LogP contribution in [0, 0.1) is 5.92 Å². The van der Waals surface area contributed by atoms with E-state index in [1.807, 2.05) is 12.1 Å². The Balaban J connectivity index is 1.48. The molecular formula is C18H27NO4S. The summed E-state index contributed by atoms with van der Waals surface area (Å²) in [5.41, 5.74) is 0. The van der Waals surface area contributed by atoms with E-state index >= 15 is 0 Å². The lowest BCUT2D eigenvalue weighted by Gasteiger charge is -2.17. The maximum atomic E-state index is 12.2. The maximum Gasteiger partial charge on any atom is 0.223 e. The molecule has 5 nitrogen and oxygen atoms in total. The average molecular weight is 353 g/mol. The summed E-state index contributed by atoms with van der Waals surface area (Å²) in [6, 6.07) is 3.91. The van der Waals surface area contributed by atoms with Crippen LogP contribution in [0.4, 0.5) is 0 Å². The smallest absolute Gasteiger partial charge is 0.223 e. The van der Waals surface area contributed by atoms with Gasteiger partial charge in [0.2, 0.25) is 5.91 Å². The first kappa shape index (κ1) is 17.5. The molecule has 1 aromatic rings. The number of carbonyl (C=O) groups is 1. The highest BCUT2D eigenvalue weighted by Gasteiger charge is 2.36. The Bertz CT molecular complexity index is 688. The molecule has 0 N–H and O–H groups in total. The standard InChI is InChI=1S/C18H27NO4S/c1-13-11-16(13)17-8-7-14(23-17)12-19(2)18(20)9-10-24(21,22)15-5-3-4-6-15/h7-8,13,15-16H,3-6,9-12H2,1-2H3/t13-,16+/m1/s1. The van der Waals surface area contributed by atoms with Crippen LogP contribution in [0.5, 0.6) is 0 Å². The van der Waals surface area contributed by atoms with Crippen molar-refractivity contribution < 1.29 is 17.6 Å². The van der Waals surface area contributed by atoms with Gasteiger partial charge in [-0.25, -0.2) is 8.42 Å². The molecule has 2 aliphatic rings. The summed E-state index contributed by atoms with van der Waals surface area (Å²) in [7, 11) is -1.44. The summed E-state index contributed by atoms with van der Waals surface area (Å²) in [5.74, 6) is 2.79. The van der Waals surface area contributed by atoms with Gasteiger partial charge in [0.15, 0.2) is 9.84 Å². The highest BCUT2D eigenvalue weighted by atomic mass is 32.2. The molecule has 24 heavy (non-hydrogen) atoms. The molecule has 1 aromatic heterocycles. The van der Waals surface area contributed by atoms with Crippen molar-refractivity contribution in [3.8, 4) is 0 Å². The van der Waals surface area contributed by atoms with Gasteiger partial charge in [0.1, 0.15) is 11.5 Å². The number of hydrogen-bond donors (Lipinski definition) is 0. The molecular weight excluding hydrogens is 326 g/mol. The molecule has 1 amide bonds. The van der Waals surface area contributed by atoms with Gasteiger partial charge in [-0.05, 0) is 37.3 Å². The van der Waals surface area contributed by atoms with E-state index in [2.05, 4.69) is 6.92 Å². The predicted molar refractivity (Wildman–Crippen MR) is 92.4 cm³/mol. The van der Waals surface area contributed by atoms with Crippen LogP contribution in [0.25, 0.3) is 0 Å². The third-order valence-corrected chi connectivity index (χ3v) is 7.65. The molecule has 0 spiro atoms. The van der Waals surface area contributed by atoms with E-state index < -0.39 is 9.84 Å². The Morgan fingerprint density at radius 2 is 1.96 bits per heavy atom. The first-order valence-corrected chi connectivity index (χ1v) is 10.6. The van der Waals surface area contributed by atoms with Gasteiger partial charge in [-0.2, -0.15) is 0 Å². The normalized spacial score (nSPS) is 24.2. The lowest BCUT2D eigenvalue weighted by atomic mass is 10.3. The van der Waals surface area contributed by atoms with Crippen LogP contribution in [0.3, 0.4) is 0 Å². The number of sulfone groups is 1. The van der Waals surface area contributed by atoms with Crippen molar-refractivity contribution in [2.45, 2.75) is 63.2 Å². The van der Waals surface area contributed by atoms with Gasteiger partial charge in [0.05, 0.1) is 17.5 Å². The van der Waals surface area contributed by atoms with E-state index in [9.17, 15) is 13.2 Å². The number of carbonyl (C=O) groups excluding carboxylic acids is 1. The Morgan fingerprint density at radius 1 is 1.29 bits per heavy atom. The van der Waals surface area contributed by atoms with E-state index in [1.54, 1.807) is 11.9 Å². The zero-order valence-corrected chi connectivity index (χ0v) is 15.3. The number of hydrogen-bond acceptors (Lipinski definition) is 4. The van der Waals surface area contributed by atoms with Gasteiger partial charge in [-0.1, -0.05) is 19.8 Å². The average Bonchev–Trinajstić information content (AvgIpc) is 3.01. The van der Waals surface area contributed by atoms with Gasteiger partial charge in [0.25, 0.3) is 0 Å². The topological polar surface area (TPSA) is 67.6 Å². The number of rotatable bonds is 7. The molecule has 0 saturated heterocycles. The van der Waals surface area contributed by atoms with Crippen LogP contribution in [0.2, 0.25) is 0 Å². The monoisotopic (exact) mass is 353 g/mol. The Kier molecular flexibility index (Phi) is 5.04. The number of amides is 1. The van der Waals surface area contributed by atoms with E-state index in [4.69, 9.17) is 4.42 Å². The second-order valence-corrected chi connectivity index (χ2v) is 9.80. The van der Waals surface area contributed by atoms with Crippen molar-refractivity contribution in [1.29, 1.82) is 0 Å². The summed E-state index contributed by atoms with van der Waals surface area (Å²) in [5, 5.41) is -0.233. The van der Waals surface area contributed by atoms with Crippen molar-refractivity contribution in [3.05, 3.63) is 23.7 Å². The largest absolute Gasteiger partial charge is 0.464 e. The Labute approximate surface area is 144 Å². The van der Waals surface area contributed by atoms with Crippen LogP contribution >= 0.6 is 0 Å². The highest BCUT2D eigenvalue weighted by molar-refractivity contribution is 7.92. The molecule has 1 heterocycles. The van der Waals surface area contributed by atoms with Gasteiger partial charge < -0.3 is 9.32 Å². The molecule has 0 radical (unpaired) electrons. The molecule has 2 saturated carbocycles. The minimum atomic E-state index is -3.14. The van der Waals surface area contributed by atoms with E-state index in [-0.39, 0.29) is 23.3 Å². The number of furan rings is 1. The molecule has 2 atom stereocenters. The highest BCUT2D eigenvalue weighted by Crippen LogP contribution is 2.47. The van der Waals surface area contributed by atoms with Crippen molar-refractivity contribution in [1.82, 2.24) is 4.90 Å². The fraction of sp³-hybridized carbons (Fsp3) is 0.722. The molecule has 3 rings (SSSR count). The minimum absolute atomic E-state index is 0.0379. The van der Waals surface area contributed by atoms with Crippen LogP contribution in [-0.4, -0.2) is 37.3 Å². The lowest BCUT2D eigenvalue weighted by molar-refractivity contribution is -0.130. The lowest BCUT2D eigenvalue weighted by Crippen LogP contribution is -2.30. The molecule has 0 unspecified atom stereocenters. The summed E-state index contributed by atoms with van der Waals surface area (Å²) in [4.78, 5) is 13.8. The van der Waals surface area contributed by atoms with Crippen LogP contribution in [0.15, 0.2) is 16.5 Å². The van der Waals surface area contributed by atoms with Crippen molar-refractivity contribution in [2.24, 2.45) is 5.92 Å². The number of nitrogens with zero attached hydrogens (tertiary/aromatic N) is 1. The Hall–Kier alpha value is -1.30. The SMILES string of the molecule is C[C@@H]1C[C@@H]1c1ccc(CN(C)C(=O)CCS(=O)(=O)C2CCCC2)o1. The predicted octanol–water partition coefficient (Wildman–Crippen LogP) is 3.11. The van der Waals surface area contributed by atoms with E-state index in [1.165, 1.54) is 6.42 Å². The molecule has 2 aliphatic carbocycles. The summed E-state index contributed by atoms with van der Waals surface area (Å²) in [6.07, 6.45) is 4.70.